The second-order valence-corrected chi connectivity index (χ2v) is 7.19. The fourth-order valence-corrected chi connectivity index (χ4v) is 4.18. The Kier molecular flexibility index (Phi) is 3.79. The summed E-state index contributed by atoms with van der Waals surface area (Å²) in [5, 5.41) is 0. The zero-order valence-electron chi connectivity index (χ0n) is 12.6. The Morgan fingerprint density at radius 1 is 1.00 bits per heavy atom. The first-order valence-electron chi connectivity index (χ1n) is 7.48. The Bertz CT molecular complexity index is 293. The summed E-state index contributed by atoms with van der Waals surface area (Å²) in [6.45, 7) is 11.9. The van der Waals surface area contributed by atoms with E-state index >= 15 is 0 Å². The summed E-state index contributed by atoms with van der Waals surface area (Å²) in [5.41, 5.74) is 6.02. The van der Waals surface area contributed by atoms with Crippen LogP contribution in [0.15, 0.2) is 0 Å². The van der Waals surface area contributed by atoms with Gasteiger partial charge in [-0.25, -0.2) is 0 Å². The van der Waals surface area contributed by atoms with Gasteiger partial charge in [0.05, 0.1) is 16.7 Å². The highest BCUT2D eigenvalue weighted by molar-refractivity contribution is 5.13. The van der Waals surface area contributed by atoms with Gasteiger partial charge in [0.15, 0.2) is 0 Å². The predicted molar refractivity (Wildman–Crippen MR) is 75.7 cm³/mol. The molecule has 106 valence electrons. The van der Waals surface area contributed by atoms with Crippen LogP contribution in [0.3, 0.4) is 0 Å². The molecule has 0 bridgehead atoms. The number of likely N-dealkylation sites (tertiary alicyclic amines) is 1. The smallest absolute Gasteiger partial charge is 0.0830 e. The van der Waals surface area contributed by atoms with E-state index < -0.39 is 0 Å². The lowest BCUT2D eigenvalue weighted by molar-refractivity contribution is -0.103. The average Bonchev–Trinajstić information content (AvgIpc) is 2.49. The van der Waals surface area contributed by atoms with Gasteiger partial charge in [-0.05, 0) is 60.0 Å². The molecule has 0 spiro atoms. The molecule has 3 heteroatoms. The van der Waals surface area contributed by atoms with Crippen LogP contribution < -0.4 is 5.73 Å². The fraction of sp³-hybridized carbons (Fsp3) is 1.00. The molecule has 0 amide bonds. The predicted octanol–water partition coefficient (Wildman–Crippen LogP) is 2.54. The molecule has 0 aliphatic carbocycles. The molecule has 1 atom stereocenters. The van der Waals surface area contributed by atoms with Gasteiger partial charge in [0, 0.05) is 6.54 Å². The van der Waals surface area contributed by atoms with Crippen molar-refractivity contribution in [2.24, 2.45) is 5.73 Å². The molecule has 2 aliphatic heterocycles. The maximum absolute atomic E-state index is 6.32. The van der Waals surface area contributed by atoms with E-state index in [1.54, 1.807) is 0 Å². The van der Waals surface area contributed by atoms with Gasteiger partial charge in [0.25, 0.3) is 0 Å². The van der Waals surface area contributed by atoms with Crippen LogP contribution in [0.4, 0.5) is 0 Å². The van der Waals surface area contributed by atoms with Crippen molar-refractivity contribution >= 4 is 0 Å². The van der Waals surface area contributed by atoms with E-state index in [2.05, 4.69) is 32.6 Å². The molecular weight excluding hydrogens is 224 g/mol. The van der Waals surface area contributed by atoms with E-state index in [4.69, 9.17) is 10.5 Å². The number of nitrogens with zero attached hydrogens (tertiary/aromatic N) is 1. The molecule has 0 aromatic carbocycles. The SMILES string of the molecule is CC1(C)CC(CN)(N2CCCCCC2)C(C)(C)O1. The molecule has 2 fully saturated rings. The van der Waals surface area contributed by atoms with E-state index in [9.17, 15) is 0 Å². The van der Waals surface area contributed by atoms with Crippen LogP contribution in [0.1, 0.15) is 59.8 Å². The van der Waals surface area contributed by atoms with E-state index in [0.717, 1.165) is 6.42 Å². The van der Waals surface area contributed by atoms with Crippen LogP contribution >= 0.6 is 0 Å². The Morgan fingerprint density at radius 2 is 1.56 bits per heavy atom. The largest absolute Gasteiger partial charge is 0.368 e. The lowest BCUT2D eigenvalue weighted by Gasteiger charge is -2.47. The number of hydrogen-bond donors (Lipinski definition) is 1. The van der Waals surface area contributed by atoms with Gasteiger partial charge in [0.2, 0.25) is 0 Å². The molecule has 0 saturated carbocycles. The van der Waals surface area contributed by atoms with E-state index in [0.29, 0.717) is 6.54 Å². The summed E-state index contributed by atoms with van der Waals surface area (Å²) in [6.07, 6.45) is 6.38. The summed E-state index contributed by atoms with van der Waals surface area (Å²) in [6, 6.07) is 0. The fourth-order valence-electron chi connectivity index (χ4n) is 4.18. The van der Waals surface area contributed by atoms with Crippen LogP contribution in [0.25, 0.3) is 0 Å². The maximum Gasteiger partial charge on any atom is 0.0830 e. The summed E-state index contributed by atoms with van der Waals surface area (Å²) >= 11 is 0. The van der Waals surface area contributed by atoms with Crippen LogP contribution in [0.2, 0.25) is 0 Å². The second-order valence-electron chi connectivity index (χ2n) is 7.19. The monoisotopic (exact) mass is 254 g/mol. The molecule has 2 N–H and O–H groups in total. The quantitative estimate of drug-likeness (QED) is 0.823. The van der Waals surface area contributed by atoms with Crippen LogP contribution in [0.5, 0.6) is 0 Å². The third kappa shape index (κ3) is 2.33. The average molecular weight is 254 g/mol. The Morgan fingerprint density at radius 3 is 1.94 bits per heavy atom. The molecule has 3 nitrogen and oxygen atoms in total. The Balaban J connectivity index is 2.28. The number of rotatable bonds is 2. The van der Waals surface area contributed by atoms with Crippen molar-refractivity contribution in [2.75, 3.05) is 19.6 Å². The minimum Gasteiger partial charge on any atom is -0.368 e. The second kappa shape index (κ2) is 4.77. The van der Waals surface area contributed by atoms with Crippen LogP contribution in [0, 0.1) is 0 Å². The molecule has 0 aromatic heterocycles. The van der Waals surface area contributed by atoms with E-state index in [1.165, 1.54) is 38.8 Å². The lowest BCUT2D eigenvalue weighted by atomic mass is 9.77. The Labute approximate surface area is 112 Å². The van der Waals surface area contributed by atoms with E-state index in [1.807, 2.05) is 0 Å². The van der Waals surface area contributed by atoms with Crippen LogP contribution in [-0.4, -0.2) is 41.3 Å². The minimum absolute atomic E-state index is 0.0147. The molecule has 0 radical (unpaired) electrons. The van der Waals surface area contributed by atoms with Gasteiger partial charge in [-0.3, -0.25) is 4.90 Å². The van der Waals surface area contributed by atoms with Crippen molar-refractivity contribution in [2.45, 2.75) is 76.5 Å². The minimum atomic E-state index is -0.157. The molecule has 1 unspecified atom stereocenters. The van der Waals surface area contributed by atoms with Crippen molar-refractivity contribution in [3.05, 3.63) is 0 Å². The highest BCUT2D eigenvalue weighted by Gasteiger charge is 2.59. The zero-order chi connectivity index (χ0) is 13.4. The molecule has 18 heavy (non-hydrogen) atoms. The molecular formula is C15H30N2O. The molecule has 2 aliphatic rings. The number of nitrogens with two attached hydrogens (primary N) is 1. The van der Waals surface area contributed by atoms with Gasteiger partial charge < -0.3 is 10.5 Å². The van der Waals surface area contributed by atoms with Gasteiger partial charge in [0.1, 0.15) is 0 Å². The summed E-state index contributed by atoms with van der Waals surface area (Å²) in [7, 11) is 0. The summed E-state index contributed by atoms with van der Waals surface area (Å²) in [5.74, 6) is 0. The van der Waals surface area contributed by atoms with Crippen molar-refractivity contribution in [3.8, 4) is 0 Å². The third-order valence-corrected chi connectivity index (χ3v) is 4.92. The van der Waals surface area contributed by atoms with Gasteiger partial charge in [-0.1, -0.05) is 12.8 Å². The van der Waals surface area contributed by atoms with Crippen molar-refractivity contribution in [3.63, 3.8) is 0 Å². The molecule has 2 saturated heterocycles. The summed E-state index contributed by atoms with van der Waals surface area (Å²) in [4.78, 5) is 2.63. The third-order valence-electron chi connectivity index (χ3n) is 4.92. The normalized spacial score (nSPS) is 36.5. The van der Waals surface area contributed by atoms with Gasteiger partial charge >= 0.3 is 0 Å². The van der Waals surface area contributed by atoms with Gasteiger partial charge in [-0.15, -0.1) is 0 Å². The van der Waals surface area contributed by atoms with Crippen molar-refractivity contribution in [1.82, 2.24) is 4.90 Å². The number of ether oxygens (including phenoxy) is 1. The highest BCUT2D eigenvalue weighted by Crippen LogP contribution is 2.48. The standard InChI is InChI=1S/C15H30N2O/c1-13(2)11-15(12-16,14(3,4)18-13)17-9-7-5-6-8-10-17/h5-12,16H2,1-4H3. The maximum atomic E-state index is 6.32. The summed E-state index contributed by atoms with van der Waals surface area (Å²) < 4.78 is 6.32. The first-order chi connectivity index (χ1) is 8.33. The Hall–Kier alpha value is -0.120. The first-order valence-corrected chi connectivity index (χ1v) is 7.48. The zero-order valence-corrected chi connectivity index (χ0v) is 12.6. The number of hydrogen-bond acceptors (Lipinski definition) is 3. The van der Waals surface area contributed by atoms with Crippen molar-refractivity contribution in [1.29, 1.82) is 0 Å². The topological polar surface area (TPSA) is 38.5 Å². The first kappa shape index (κ1) is 14.3. The highest BCUT2D eigenvalue weighted by atomic mass is 16.5. The van der Waals surface area contributed by atoms with Gasteiger partial charge in [-0.2, -0.15) is 0 Å². The lowest BCUT2D eigenvalue weighted by Crippen LogP contribution is -2.63. The molecule has 2 rings (SSSR count). The van der Waals surface area contributed by atoms with E-state index in [-0.39, 0.29) is 16.7 Å². The van der Waals surface area contributed by atoms with Crippen LogP contribution in [-0.2, 0) is 4.74 Å². The van der Waals surface area contributed by atoms with Crippen molar-refractivity contribution < 1.29 is 4.74 Å². The molecule has 2 heterocycles. The molecule has 0 aromatic rings.